The van der Waals surface area contributed by atoms with Crippen LogP contribution in [0.1, 0.15) is 61.6 Å². The molecule has 1 saturated carbocycles. The molecule has 46 heavy (non-hydrogen) atoms. The van der Waals surface area contributed by atoms with E-state index in [-0.39, 0.29) is 17.7 Å². The van der Waals surface area contributed by atoms with E-state index in [0.29, 0.717) is 24.3 Å². The number of likely N-dealkylation sites (tertiary alicyclic amines) is 1. The number of allylic oxidation sites excluding steroid dienone is 2. The summed E-state index contributed by atoms with van der Waals surface area (Å²) >= 11 is 0. The van der Waals surface area contributed by atoms with Gasteiger partial charge in [-0.3, -0.25) is 4.79 Å². The van der Waals surface area contributed by atoms with Crippen LogP contribution >= 0.6 is 0 Å². The van der Waals surface area contributed by atoms with Gasteiger partial charge in [-0.25, -0.2) is 8.78 Å². The van der Waals surface area contributed by atoms with Gasteiger partial charge in [0.1, 0.15) is 0 Å². The molecule has 1 N–H and O–H groups in total. The molecule has 0 amide bonds. The predicted molar refractivity (Wildman–Crippen MR) is 184 cm³/mol. The number of carbonyl (C=O) groups excluding carboxylic acids is 1. The number of benzene rings is 3. The lowest BCUT2D eigenvalue weighted by Crippen LogP contribution is -2.33. The normalized spacial score (nSPS) is 20.9. The number of Topliss-reactive ketones (excluding diaryl/α,β-unsaturated/α-hetero) is 1. The number of hydrogen-bond donors (Lipinski definition) is 1. The second kappa shape index (κ2) is 14.4. The van der Waals surface area contributed by atoms with Crippen molar-refractivity contribution in [2.24, 2.45) is 11.8 Å². The second-order valence-electron chi connectivity index (χ2n) is 13.1. The molecule has 0 spiro atoms. The van der Waals surface area contributed by atoms with Crippen LogP contribution in [0.5, 0.6) is 0 Å². The monoisotopic (exact) mass is 616 g/mol. The summed E-state index contributed by atoms with van der Waals surface area (Å²) < 4.78 is 27.3. The number of fused-ring (bicyclic) bond motifs is 1. The van der Waals surface area contributed by atoms with Crippen molar-refractivity contribution in [1.82, 2.24) is 4.90 Å². The molecule has 5 heteroatoms. The van der Waals surface area contributed by atoms with Crippen LogP contribution in [0.15, 0.2) is 91.5 Å². The van der Waals surface area contributed by atoms with Crippen molar-refractivity contribution in [3.05, 3.63) is 120 Å². The van der Waals surface area contributed by atoms with Crippen molar-refractivity contribution in [2.45, 2.75) is 57.4 Å². The van der Waals surface area contributed by atoms with E-state index in [4.69, 9.17) is 0 Å². The molecule has 6 rings (SSSR count). The maximum absolute atomic E-state index is 14.5. The predicted octanol–water partition coefficient (Wildman–Crippen LogP) is 9.01. The van der Waals surface area contributed by atoms with E-state index < -0.39 is 11.6 Å². The Morgan fingerprint density at radius 1 is 0.957 bits per heavy atom. The molecule has 1 saturated heterocycles. The third-order valence-electron chi connectivity index (χ3n) is 9.64. The van der Waals surface area contributed by atoms with Gasteiger partial charge in [-0.15, -0.1) is 0 Å². The smallest absolute Gasteiger partial charge is 0.166 e. The molecule has 3 nitrogen and oxygen atoms in total. The third-order valence-corrected chi connectivity index (χ3v) is 9.64. The van der Waals surface area contributed by atoms with Crippen molar-refractivity contribution in [1.29, 1.82) is 0 Å². The first-order chi connectivity index (χ1) is 22.4. The highest BCUT2D eigenvalue weighted by atomic mass is 19.2. The van der Waals surface area contributed by atoms with Gasteiger partial charge in [0.25, 0.3) is 0 Å². The Morgan fingerprint density at radius 2 is 1.74 bits per heavy atom. The molecule has 0 radical (unpaired) electrons. The molecular formula is C41H42F2N2O. The number of nitrogens with zero attached hydrogens (tertiary/aromatic N) is 1. The minimum absolute atomic E-state index is 0.0102. The van der Waals surface area contributed by atoms with Crippen molar-refractivity contribution in [3.63, 3.8) is 0 Å². The molecule has 1 aliphatic carbocycles. The molecule has 236 valence electrons. The van der Waals surface area contributed by atoms with Gasteiger partial charge < -0.3 is 10.2 Å². The highest BCUT2D eigenvalue weighted by Gasteiger charge is 2.33. The molecule has 3 aromatic rings. The van der Waals surface area contributed by atoms with Crippen molar-refractivity contribution < 1.29 is 13.6 Å². The van der Waals surface area contributed by atoms with Gasteiger partial charge in [0, 0.05) is 40.9 Å². The average Bonchev–Trinajstić information content (AvgIpc) is 3.58. The first-order valence-electron chi connectivity index (χ1n) is 16.6. The molecule has 3 atom stereocenters. The fraction of sp³-hybridized carbons (Fsp3) is 0.341. The van der Waals surface area contributed by atoms with Crippen LogP contribution in [0.2, 0.25) is 0 Å². The third kappa shape index (κ3) is 7.57. The van der Waals surface area contributed by atoms with Crippen LogP contribution in [0.4, 0.5) is 14.5 Å². The summed E-state index contributed by atoms with van der Waals surface area (Å²) in [5, 5.41) is 3.63. The second-order valence-corrected chi connectivity index (χ2v) is 13.1. The molecular weight excluding hydrogens is 574 g/mol. The summed E-state index contributed by atoms with van der Waals surface area (Å²) in [5.74, 6) is 5.06. The van der Waals surface area contributed by atoms with Crippen molar-refractivity contribution in [2.75, 3.05) is 25.0 Å². The van der Waals surface area contributed by atoms with Gasteiger partial charge >= 0.3 is 0 Å². The maximum Gasteiger partial charge on any atom is 0.166 e. The number of hydrogen-bond acceptors (Lipinski definition) is 3. The van der Waals surface area contributed by atoms with Gasteiger partial charge in [0.15, 0.2) is 17.4 Å². The van der Waals surface area contributed by atoms with Crippen molar-refractivity contribution in [3.8, 4) is 23.0 Å². The summed E-state index contributed by atoms with van der Waals surface area (Å²) in [7, 11) is 0. The van der Waals surface area contributed by atoms with Crippen LogP contribution in [-0.4, -0.2) is 36.4 Å². The minimum Gasteiger partial charge on any atom is -0.378 e. The van der Waals surface area contributed by atoms with Crippen LogP contribution in [0.25, 0.3) is 16.7 Å². The standard InChI is InChI=1S/C41H42F2N2O/c1-3-4-8-29-11-14-32(15-12-29)33-16-18-40-36(25-33)37(41(46)34-10-7-9-31(23-34)27-45-19-5-6-20-45)26-35(44-40)22-28(2)21-30-13-17-38(42)39(43)24-30/h3,11-18,24-26,31,34-35,44H,1-2,5-7,9-10,19-23,27H2/t31-,34?,35?/m1/s1. The molecule has 2 fully saturated rings. The number of nitrogens with one attached hydrogen (secondary N) is 1. The Morgan fingerprint density at radius 3 is 2.50 bits per heavy atom. The lowest BCUT2D eigenvalue weighted by atomic mass is 9.75. The summed E-state index contributed by atoms with van der Waals surface area (Å²) in [5.41, 5.74) is 7.23. The largest absolute Gasteiger partial charge is 0.378 e. The zero-order chi connectivity index (χ0) is 32.0. The van der Waals surface area contributed by atoms with E-state index in [1.54, 1.807) is 12.1 Å². The van der Waals surface area contributed by atoms with Gasteiger partial charge in [-0.05, 0) is 123 Å². The maximum atomic E-state index is 14.5. The number of carbonyl (C=O) groups is 1. The van der Waals surface area contributed by atoms with E-state index in [0.717, 1.165) is 71.0 Å². The Labute approximate surface area is 272 Å². The average molecular weight is 617 g/mol. The van der Waals surface area contributed by atoms with E-state index in [1.165, 1.54) is 38.4 Å². The zero-order valence-electron chi connectivity index (χ0n) is 26.5. The molecule has 2 aliphatic heterocycles. The minimum atomic E-state index is -0.854. The summed E-state index contributed by atoms with van der Waals surface area (Å²) in [6.07, 6.45) is 11.4. The van der Waals surface area contributed by atoms with Gasteiger partial charge in [-0.2, -0.15) is 0 Å². The molecule has 3 aliphatic rings. The summed E-state index contributed by atoms with van der Waals surface area (Å²) in [6, 6.07) is 18.3. The van der Waals surface area contributed by atoms with Crippen molar-refractivity contribution >= 4 is 17.0 Å². The van der Waals surface area contributed by atoms with Crippen LogP contribution < -0.4 is 5.32 Å². The lowest BCUT2D eigenvalue weighted by molar-refractivity contribution is -0.118. The van der Waals surface area contributed by atoms with Crippen LogP contribution in [-0.2, 0) is 11.2 Å². The number of anilines is 1. The first-order valence-corrected chi connectivity index (χ1v) is 16.6. The zero-order valence-corrected chi connectivity index (χ0v) is 26.5. The molecule has 0 bridgehead atoms. The van der Waals surface area contributed by atoms with Crippen LogP contribution in [0, 0.1) is 35.3 Å². The van der Waals surface area contributed by atoms with E-state index in [1.807, 2.05) is 12.1 Å². The SMILES string of the molecule is C=CC#Cc1ccc(-c2ccc3c(c2)C(C(=O)C2CCC[C@@H](CN4CCCC4)C2)=CC(CC(=C)Cc2ccc(F)c(F)c2)N3)cc1. The van der Waals surface area contributed by atoms with E-state index in [9.17, 15) is 13.6 Å². The summed E-state index contributed by atoms with van der Waals surface area (Å²) in [4.78, 5) is 17.0. The Kier molecular flexibility index (Phi) is 9.95. The first kappa shape index (κ1) is 31.7. The highest BCUT2D eigenvalue weighted by molar-refractivity contribution is 6.24. The van der Waals surface area contributed by atoms with Crippen LogP contribution in [0.3, 0.4) is 0 Å². The Bertz CT molecular complexity index is 1700. The fourth-order valence-electron chi connectivity index (χ4n) is 7.38. The summed E-state index contributed by atoms with van der Waals surface area (Å²) in [6.45, 7) is 11.4. The van der Waals surface area contributed by atoms with E-state index >= 15 is 0 Å². The molecule has 2 heterocycles. The number of rotatable bonds is 9. The van der Waals surface area contributed by atoms with Gasteiger partial charge in [0.05, 0.1) is 0 Å². The van der Waals surface area contributed by atoms with Gasteiger partial charge in [0.2, 0.25) is 0 Å². The topological polar surface area (TPSA) is 32.3 Å². The number of ketones is 1. The Hall–Kier alpha value is -4.27. The highest BCUT2D eigenvalue weighted by Crippen LogP contribution is 2.40. The lowest BCUT2D eigenvalue weighted by Gasteiger charge is -2.33. The number of halogens is 2. The molecule has 3 aromatic carbocycles. The Balaban J connectivity index is 1.26. The molecule has 0 aromatic heterocycles. The van der Waals surface area contributed by atoms with Gasteiger partial charge in [-0.1, -0.05) is 67.3 Å². The quantitative estimate of drug-likeness (QED) is 0.192. The fourth-order valence-corrected chi connectivity index (χ4v) is 7.38. The molecule has 2 unspecified atom stereocenters. The van der Waals surface area contributed by atoms with E-state index in [2.05, 4.69) is 71.6 Å².